The largest absolute Gasteiger partial charge is 0.497 e. The van der Waals surface area contributed by atoms with Crippen molar-refractivity contribution in [2.75, 3.05) is 14.2 Å². The van der Waals surface area contributed by atoms with Crippen LogP contribution in [0.25, 0.3) is 42.7 Å². The predicted octanol–water partition coefficient (Wildman–Crippen LogP) is 4.14. The van der Waals surface area contributed by atoms with Gasteiger partial charge in [0.1, 0.15) is 21.1 Å². The van der Waals surface area contributed by atoms with E-state index in [0.717, 1.165) is 43.7 Å². The summed E-state index contributed by atoms with van der Waals surface area (Å²) in [6.45, 7) is 2.37. The van der Waals surface area contributed by atoms with Gasteiger partial charge in [-0.15, -0.1) is 11.3 Å². The Labute approximate surface area is 169 Å². The Morgan fingerprint density at radius 1 is 1.17 bits per heavy atom. The Kier molecular flexibility index (Phi) is 4.11. The minimum atomic E-state index is -0.175. The zero-order valence-electron chi connectivity index (χ0n) is 16.1. The molecule has 4 aromatic heterocycles. The first-order chi connectivity index (χ1) is 14.1. The van der Waals surface area contributed by atoms with Crippen LogP contribution in [-0.4, -0.2) is 34.2 Å². The van der Waals surface area contributed by atoms with E-state index in [1.54, 1.807) is 14.2 Å². The van der Waals surface area contributed by atoms with Crippen molar-refractivity contribution in [1.29, 1.82) is 0 Å². The zero-order chi connectivity index (χ0) is 20.1. The fourth-order valence-corrected chi connectivity index (χ4v) is 4.78. The van der Waals surface area contributed by atoms with Crippen LogP contribution < -0.4 is 10.3 Å². The van der Waals surface area contributed by atoms with E-state index < -0.39 is 0 Å². The van der Waals surface area contributed by atoms with Crippen LogP contribution >= 0.6 is 11.3 Å². The van der Waals surface area contributed by atoms with Crippen molar-refractivity contribution in [3.63, 3.8) is 0 Å². The van der Waals surface area contributed by atoms with Crippen LogP contribution in [0.1, 0.15) is 11.3 Å². The number of pyridine rings is 1. The molecule has 29 heavy (non-hydrogen) atoms. The highest BCUT2D eigenvalue weighted by molar-refractivity contribution is 7.25. The Balaban J connectivity index is 1.83. The lowest BCUT2D eigenvalue weighted by Crippen LogP contribution is -2.07. The second kappa shape index (κ2) is 6.68. The topological polar surface area (TPSA) is 92.9 Å². The van der Waals surface area contributed by atoms with Gasteiger partial charge in [-0.2, -0.15) is 0 Å². The van der Waals surface area contributed by atoms with Gasteiger partial charge in [-0.05, 0) is 36.8 Å². The lowest BCUT2D eigenvalue weighted by molar-refractivity contribution is 0.186. The minimum Gasteiger partial charge on any atom is -0.497 e. The summed E-state index contributed by atoms with van der Waals surface area (Å²) in [5, 5.41) is 1.81. The highest BCUT2D eigenvalue weighted by Gasteiger charge is 2.18. The van der Waals surface area contributed by atoms with E-state index in [9.17, 15) is 4.79 Å². The monoisotopic (exact) mass is 406 g/mol. The molecule has 0 aliphatic carbocycles. The van der Waals surface area contributed by atoms with Crippen molar-refractivity contribution in [1.82, 2.24) is 19.9 Å². The molecular formula is C21H18N4O3S. The molecular weight excluding hydrogens is 388 g/mol. The number of benzene rings is 1. The number of fused-ring (bicyclic) bond motifs is 4. The van der Waals surface area contributed by atoms with E-state index in [0.29, 0.717) is 22.6 Å². The van der Waals surface area contributed by atoms with Gasteiger partial charge < -0.3 is 19.4 Å². The van der Waals surface area contributed by atoms with E-state index in [4.69, 9.17) is 14.5 Å². The highest BCUT2D eigenvalue weighted by Crippen LogP contribution is 2.35. The van der Waals surface area contributed by atoms with Crippen LogP contribution in [0.3, 0.4) is 0 Å². The van der Waals surface area contributed by atoms with Gasteiger partial charge in [-0.3, -0.25) is 4.79 Å². The summed E-state index contributed by atoms with van der Waals surface area (Å²) in [5.74, 6) is 1.25. The SMILES string of the molecule is COCc1cc(C)nc2sc3c(=O)[nH]c(-c4c[nH]c5ccc(OC)cc45)nc3c12. The van der Waals surface area contributed by atoms with Gasteiger partial charge in [0.05, 0.1) is 19.2 Å². The number of hydrogen-bond acceptors (Lipinski definition) is 6. The molecule has 146 valence electrons. The number of aryl methyl sites for hydroxylation is 1. The summed E-state index contributed by atoms with van der Waals surface area (Å²) in [5.41, 5.74) is 4.09. The average molecular weight is 406 g/mol. The molecule has 0 saturated carbocycles. The molecule has 0 amide bonds. The number of ether oxygens (including phenoxy) is 2. The molecule has 0 aliphatic rings. The average Bonchev–Trinajstić information content (AvgIpc) is 3.29. The normalized spacial score (nSPS) is 11.7. The number of hydrogen-bond donors (Lipinski definition) is 2. The van der Waals surface area contributed by atoms with Crippen molar-refractivity contribution in [3.8, 4) is 17.1 Å². The summed E-state index contributed by atoms with van der Waals surface area (Å²) >= 11 is 1.36. The second-order valence-electron chi connectivity index (χ2n) is 6.84. The van der Waals surface area contributed by atoms with Gasteiger partial charge >= 0.3 is 0 Å². The number of nitrogens with one attached hydrogen (secondary N) is 2. The van der Waals surface area contributed by atoms with Gasteiger partial charge in [0.15, 0.2) is 0 Å². The first-order valence-electron chi connectivity index (χ1n) is 9.06. The standard InChI is InChI=1S/C21H18N4O3S/c1-10-6-11(9-27-2)16-17-18(29-21(16)23-10)20(26)25-19(24-17)14-8-22-15-5-4-12(28-3)7-13(14)15/h4-8,22H,9H2,1-3H3,(H,24,25,26). The molecule has 2 N–H and O–H groups in total. The summed E-state index contributed by atoms with van der Waals surface area (Å²) < 4.78 is 11.3. The Morgan fingerprint density at radius 3 is 2.83 bits per heavy atom. The lowest BCUT2D eigenvalue weighted by Gasteiger charge is -2.05. The molecule has 0 atom stereocenters. The maximum atomic E-state index is 12.9. The molecule has 8 heteroatoms. The predicted molar refractivity (Wildman–Crippen MR) is 115 cm³/mol. The number of H-pyrrole nitrogens is 2. The molecule has 5 rings (SSSR count). The Bertz CT molecular complexity index is 1450. The van der Waals surface area contributed by atoms with Crippen molar-refractivity contribution in [3.05, 3.63) is 52.1 Å². The fourth-order valence-electron chi connectivity index (χ4n) is 3.68. The molecule has 5 aromatic rings. The molecule has 0 fully saturated rings. The van der Waals surface area contributed by atoms with Crippen LogP contribution in [-0.2, 0) is 11.3 Å². The van der Waals surface area contributed by atoms with Crippen molar-refractivity contribution in [2.45, 2.75) is 13.5 Å². The molecule has 7 nitrogen and oxygen atoms in total. The molecule has 4 heterocycles. The second-order valence-corrected chi connectivity index (χ2v) is 7.84. The van der Waals surface area contributed by atoms with Gasteiger partial charge in [-0.25, -0.2) is 9.97 Å². The smallest absolute Gasteiger partial charge is 0.269 e. The molecule has 0 saturated heterocycles. The van der Waals surface area contributed by atoms with Gasteiger partial charge in [0, 0.05) is 40.9 Å². The molecule has 0 bridgehead atoms. The minimum absolute atomic E-state index is 0.175. The maximum absolute atomic E-state index is 12.9. The quantitative estimate of drug-likeness (QED) is 0.468. The lowest BCUT2D eigenvalue weighted by atomic mass is 10.1. The summed E-state index contributed by atoms with van der Waals surface area (Å²) in [6, 6.07) is 7.74. The number of thiophene rings is 1. The summed E-state index contributed by atoms with van der Waals surface area (Å²) in [7, 11) is 3.28. The first-order valence-corrected chi connectivity index (χ1v) is 9.88. The van der Waals surface area contributed by atoms with E-state index in [2.05, 4.69) is 15.0 Å². The first kappa shape index (κ1) is 17.8. The number of aromatic amines is 2. The third-order valence-electron chi connectivity index (χ3n) is 4.95. The van der Waals surface area contributed by atoms with E-state index in [1.807, 2.05) is 37.4 Å². The number of methoxy groups -OCH3 is 2. The van der Waals surface area contributed by atoms with E-state index >= 15 is 0 Å². The summed E-state index contributed by atoms with van der Waals surface area (Å²) in [6.07, 6.45) is 1.85. The van der Waals surface area contributed by atoms with Crippen LogP contribution in [0, 0.1) is 6.92 Å². The molecule has 0 unspecified atom stereocenters. The Hall–Kier alpha value is -3.23. The van der Waals surface area contributed by atoms with Gasteiger partial charge in [-0.1, -0.05) is 0 Å². The van der Waals surface area contributed by atoms with Crippen molar-refractivity contribution in [2.24, 2.45) is 0 Å². The van der Waals surface area contributed by atoms with E-state index in [1.165, 1.54) is 11.3 Å². The van der Waals surface area contributed by atoms with Crippen molar-refractivity contribution >= 4 is 42.7 Å². The molecule has 0 aliphatic heterocycles. The molecule has 0 spiro atoms. The van der Waals surface area contributed by atoms with E-state index in [-0.39, 0.29) is 5.56 Å². The zero-order valence-corrected chi connectivity index (χ0v) is 16.9. The van der Waals surface area contributed by atoms with Crippen LogP contribution in [0.2, 0.25) is 0 Å². The Morgan fingerprint density at radius 2 is 2.03 bits per heavy atom. The van der Waals surface area contributed by atoms with Gasteiger partial charge in [0.25, 0.3) is 5.56 Å². The number of rotatable bonds is 4. The number of aromatic nitrogens is 4. The summed E-state index contributed by atoms with van der Waals surface area (Å²) in [4.78, 5) is 29.3. The third kappa shape index (κ3) is 2.80. The van der Waals surface area contributed by atoms with Gasteiger partial charge in [0.2, 0.25) is 0 Å². The third-order valence-corrected chi connectivity index (χ3v) is 6.02. The highest BCUT2D eigenvalue weighted by atomic mass is 32.1. The number of nitrogens with zero attached hydrogens (tertiary/aromatic N) is 2. The maximum Gasteiger partial charge on any atom is 0.269 e. The van der Waals surface area contributed by atoms with Crippen molar-refractivity contribution < 1.29 is 9.47 Å². The van der Waals surface area contributed by atoms with Crippen LogP contribution in [0.5, 0.6) is 5.75 Å². The molecule has 1 aromatic carbocycles. The van der Waals surface area contributed by atoms with Crippen LogP contribution in [0.15, 0.2) is 35.3 Å². The van der Waals surface area contributed by atoms with Crippen LogP contribution in [0.4, 0.5) is 0 Å². The fraction of sp³-hybridized carbons (Fsp3) is 0.190. The molecule has 0 radical (unpaired) electrons.